The van der Waals surface area contributed by atoms with Gasteiger partial charge in [-0.3, -0.25) is 0 Å². The van der Waals surface area contributed by atoms with Crippen molar-refractivity contribution in [2.45, 2.75) is 12.5 Å². The molecule has 2 saturated heterocycles. The van der Waals surface area contributed by atoms with Crippen molar-refractivity contribution in [1.29, 1.82) is 0 Å². The fraction of sp³-hybridized carbons (Fsp3) is 0.889. The van der Waals surface area contributed by atoms with Gasteiger partial charge in [-0.2, -0.15) is 0 Å². The Labute approximate surface area is 78.4 Å². The molecule has 2 fully saturated rings. The fourth-order valence-electron chi connectivity index (χ4n) is 2.45. The number of rotatable bonds is 0. The van der Waals surface area contributed by atoms with Gasteiger partial charge in [0.05, 0.1) is 7.11 Å². The predicted octanol–water partition coefficient (Wildman–Crippen LogP) is 0.389. The Morgan fingerprint density at radius 3 is 2.85 bits per heavy atom. The summed E-state index contributed by atoms with van der Waals surface area (Å²) in [7, 11) is 3.57. The largest absolute Gasteiger partial charge is 0.453 e. The van der Waals surface area contributed by atoms with Gasteiger partial charge in [-0.05, 0) is 25.9 Å². The van der Waals surface area contributed by atoms with Crippen molar-refractivity contribution in [3.63, 3.8) is 0 Å². The third kappa shape index (κ3) is 1.39. The molecule has 1 amide bonds. The van der Waals surface area contributed by atoms with E-state index in [-0.39, 0.29) is 6.09 Å². The third-order valence-electron chi connectivity index (χ3n) is 3.26. The maximum Gasteiger partial charge on any atom is 0.409 e. The van der Waals surface area contributed by atoms with Crippen molar-refractivity contribution in [1.82, 2.24) is 9.80 Å². The first kappa shape index (κ1) is 8.81. The van der Waals surface area contributed by atoms with Crippen molar-refractivity contribution in [3.05, 3.63) is 0 Å². The zero-order valence-corrected chi connectivity index (χ0v) is 8.19. The summed E-state index contributed by atoms with van der Waals surface area (Å²) in [6.07, 6.45) is 1.04. The van der Waals surface area contributed by atoms with Crippen molar-refractivity contribution in [3.8, 4) is 0 Å². The van der Waals surface area contributed by atoms with E-state index in [0.29, 0.717) is 12.0 Å². The number of ether oxygens (including phenoxy) is 1. The molecule has 2 aliphatic heterocycles. The van der Waals surface area contributed by atoms with E-state index in [1.165, 1.54) is 20.1 Å². The van der Waals surface area contributed by atoms with Crippen LogP contribution < -0.4 is 0 Å². The minimum Gasteiger partial charge on any atom is -0.453 e. The van der Waals surface area contributed by atoms with Gasteiger partial charge in [0.1, 0.15) is 0 Å². The lowest BCUT2D eigenvalue weighted by molar-refractivity contribution is 0.127. The molecule has 74 valence electrons. The Hall–Kier alpha value is -0.770. The van der Waals surface area contributed by atoms with Gasteiger partial charge >= 0.3 is 6.09 Å². The van der Waals surface area contributed by atoms with E-state index >= 15 is 0 Å². The quantitative estimate of drug-likeness (QED) is 0.546. The second-order valence-electron chi connectivity index (χ2n) is 3.97. The lowest BCUT2D eigenvalue weighted by atomic mass is 10.1. The molecule has 0 aliphatic carbocycles. The van der Waals surface area contributed by atoms with Crippen LogP contribution in [0.3, 0.4) is 0 Å². The Morgan fingerprint density at radius 2 is 2.23 bits per heavy atom. The van der Waals surface area contributed by atoms with Gasteiger partial charge in [0.2, 0.25) is 0 Å². The van der Waals surface area contributed by atoms with Gasteiger partial charge in [0.15, 0.2) is 0 Å². The second kappa shape index (κ2) is 3.18. The SMILES string of the molecule is COC(=O)N1C[C@H]2CCN(C)[C@@H]2C1. The number of likely N-dealkylation sites (N-methyl/N-ethyl adjacent to an activating group) is 1. The van der Waals surface area contributed by atoms with Crippen LogP contribution in [0.25, 0.3) is 0 Å². The summed E-state index contributed by atoms with van der Waals surface area (Å²) in [4.78, 5) is 15.4. The van der Waals surface area contributed by atoms with Crippen LogP contribution in [0.4, 0.5) is 4.79 Å². The van der Waals surface area contributed by atoms with E-state index in [2.05, 4.69) is 11.9 Å². The van der Waals surface area contributed by atoms with E-state index in [0.717, 1.165) is 13.1 Å². The highest BCUT2D eigenvalue weighted by Crippen LogP contribution is 2.30. The Morgan fingerprint density at radius 1 is 1.46 bits per heavy atom. The van der Waals surface area contributed by atoms with Crippen LogP contribution in [0, 0.1) is 5.92 Å². The molecule has 2 heterocycles. The molecule has 0 N–H and O–H groups in total. The van der Waals surface area contributed by atoms with E-state index in [4.69, 9.17) is 4.74 Å². The molecule has 4 heteroatoms. The number of hydrogen-bond acceptors (Lipinski definition) is 3. The highest BCUT2D eigenvalue weighted by atomic mass is 16.5. The number of hydrogen-bond donors (Lipinski definition) is 0. The summed E-state index contributed by atoms with van der Waals surface area (Å²) in [6.45, 7) is 2.89. The molecular formula is C9H16N2O2. The summed E-state index contributed by atoms with van der Waals surface area (Å²) >= 11 is 0. The minimum absolute atomic E-state index is 0.178. The van der Waals surface area contributed by atoms with Crippen LogP contribution in [-0.2, 0) is 4.74 Å². The average Bonchev–Trinajstić information content (AvgIpc) is 2.67. The Bertz CT molecular complexity index is 220. The zero-order valence-electron chi connectivity index (χ0n) is 8.19. The van der Waals surface area contributed by atoms with Crippen molar-refractivity contribution < 1.29 is 9.53 Å². The zero-order chi connectivity index (χ0) is 9.42. The highest BCUT2D eigenvalue weighted by molar-refractivity contribution is 5.68. The Kier molecular flexibility index (Phi) is 2.15. The average molecular weight is 184 g/mol. The number of amides is 1. The number of carbonyl (C=O) groups is 1. The monoisotopic (exact) mass is 184 g/mol. The molecule has 0 unspecified atom stereocenters. The molecule has 0 aromatic heterocycles. The van der Waals surface area contributed by atoms with Gasteiger partial charge in [-0.1, -0.05) is 0 Å². The smallest absolute Gasteiger partial charge is 0.409 e. The lowest BCUT2D eigenvalue weighted by Gasteiger charge is -2.19. The molecule has 2 rings (SSSR count). The molecule has 0 aromatic carbocycles. The van der Waals surface area contributed by atoms with Crippen LogP contribution in [0.5, 0.6) is 0 Å². The topological polar surface area (TPSA) is 32.8 Å². The van der Waals surface area contributed by atoms with E-state index in [1.54, 1.807) is 0 Å². The maximum absolute atomic E-state index is 11.2. The van der Waals surface area contributed by atoms with Crippen LogP contribution in [0.2, 0.25) is 0 Å². The normalized spacial score (nSPS) is 33.5. The molecule has 2 aliphatic rings. The van der Waals surface area contributed by atoms with Gasteiger partial charge in [0, 0.05) is 19.1 Å². The maximum atomic E-state index is 11.2. The van der Waals surface area contributed by atoms with E-state index < -0.39 is 0 Å². The molecule has 0 bridgehead atoms. The summed E-state index contributed by atoms with van der Waals surface area (Å²) in [5.41, 5.74) is 0. The molecule has 4 nitrogen and oxygen atoms in total. The first-order valence-corrected chi connectivity index (χ1v) is 4.75. The highest BCUT2D eigenvalue weighted by Gasteiger charge is 2.41. The molecule has 0 radical (unpaired) electrons. The van der Waals surface area contributed by atoms with Gasteiger partial charge in [-0.15, -0.1) is 0 Å². The summed E-state index contributed by atoms with van der Waals surface area (Å²) < 4.78 is 4.70. The Balaban J connectivity index is 1.98. The second-order valence-corrected chi connectivity index (χ2v) is 3.97. The van der Waals surface area contributed by atoms with Crippen molar-refractivity contribution in [2.75, 3.05) is 33.8 Å². The fourth-order valence-corrected chi connectivity index (χ4v) is 2.45. The molecule has 0 spiro atoms. The van der Waals surface area contributed by atoms with Crippen LogP contribution in [0.15, 0.2) is 0 Å². The van der Waals surface area contributed by atoms with Crippen molar-refractivity contribution in [2.24, 2.45) is 5.92 Å². The summed E-state index contributed by atoms with van der Waals surface area (Å²) in [5.74, 6) is 0.670. The number of likely N-dealkylation sites (tertiary alicyclic amines) is 2. The third-order valence-corrected chi connectivity index (χ3v) is 3.26. The number of methoxy groups -OCH3 is 1. The molecular weight excluding hydrogens is 168 g/mol. The molecule has 13 heavy (non-hydrogen) atoms. The summed E-state index contributed by atoms with van der Waals surface area (Å²) in [5, 5.41) is 0. The number of fused-ring (bicyclic) bond motifs is 1. The van der Waals surface area contributed by atoms with Gasteiger partial charge < -0.3 is 14.5 Å². The van der Waals surface area contributed by atoms with Crippen molar-refractivity contribution >= 4 is 6.09 Å². The number of nitrogens with zero attached hydrogens (tertiary/aromatic N) is 2. The van der Waals surface area contributed by atoms with Crippen LogP contribution in [0.1, 0.15) is 6.42 Å². The molecule has 0 saturated carbocycles. The predicted molar refractivity (Wildman–Crippen MR) is 48.5 cm³/mol. The molecule has 2 atom stereocenters. The lowest BCUT2D eigenvalue weighted by Crippen LogP contribution is -2.34. The van der Waals surface area contributed by atoms with Gasteiger partial charge in [-0.25, -0.2) is 4.79 Å². The van der Waals surface area contributed by atoms with Crippen LogP contribution in [-0.4, -0.2) is 55.7 Å². The van der Waals surface area contributed by atoms with Crippen LogP contribution >= 0.6 is 0 Å². The molecule has 0 aromatic rings. The van der Waals surface area contributed by atoms with E-state index in [9.17, 15) is 4.79 Å². The number of carbonyl (C=O) groups excluding carboxylic acids is 1. The summed E-state index contributed by atoms with van der Waals surface area (Å²) in [6, 6.07) is 0.569. The van der Waals surface area contributed by atoms with Gasteiger partial charge in [0.25, 0.3) is 0 Å². The van der Waals surface area contributed by atoms with E-state index in [1.807, 2.05) is 4.90 Å². The minimum atomic E-state index is -0.178. The first-order valence-electron chi connectivity index (χ1n) is 4.75. The first-order chi connectivity index (χ1) is 6.22. The standard InChI is InChI=1S/C9H16N2O2/c1-10-4-3-7-5-11(6-8(7)10)9(12)13-2/h7-8H,3-6H2,1-2H3/t7-,8-/m1/s1.